The van der Waals surface area contributed by atoms with Gasteiger partial charge in [0.1, 0.15) is 17.5 Å². The van der Waals surface area contributed by atoms with Crippen LogP contribution in [0.1, 0.15) is 23.9 Å². The molecule has 1 aliphatic rings. The van der Waals surface area contributed by atoms with Gasteiger partial charge in [0.2, 0.25) is 0 Å². The van der Waals surface area contributed by atoms with E-state index in [0.29, 0.717) is 30.6 Å². The third-order valence-electron chi connectivity index (χ3n) is 4.57. The van der Waals surface area contributed by atoms with Crippen LogP contribution < -0.4 is 5.32 Å². The number of aryl methyl sites for hydroxylation is 1. The van der Waals surface area contributed by atoms with E-state index in [2.05, 4.69) is 17.2 Å². The molecule has 1 atom stereocenters. The van der Waals surface area contributed by atoms with Gasteiger partial charge in [0, 0.05) is 44.6 Å². The molecule has 2 aromatic rings. The molecular formula is C18H22F2N4O. The number of nitrogens with zero attached hydrogens (tertiary/aromatic N) is 3. The molecule has 0 saturated carbocycles. The van der Waals surface area contributed by atoms with E-state index in [1.807, 2.05) is 17.7 Å². The predicted molar refractivity (Wildman–Crippen MR) is 90.0 cm³/mol. The summed E-state index contributed by atoms with van der Waals surface area (Å²) in [4.78, 5) is 18.1. The molecular weight excluding hydrogens is 326 g/mol. The first-order chi connectivity index (χ1) is 11.9. The Bertz CT molecular complexity index is 774. The number of carbonyl (C=O) groups excluding carboxylic acids is 1. The number of benzene rings is 1. The van der Waals surface area contributed by atoms with E-state index < -0.39 is 11.6 Å². The molecule has 134 valence electrons. The second-order valence-corrected chi connectivity index (χ2v) is 6.61. The second kappa shape index (κ2) is 7.21. The molecule has 5 nitrogen and oxygen atoms in total. The zero-order valence-electron chi connectivity index (χ0n) is 14.4. The second-order valence-electron chi connectivity index (χ2n) is 6.61. The van der Waals surface area contributed by atoms with E-state index in [-0.39, 0.29) is 18.5 Å². The van der Waals surface area contributed by atoms with Crippen molar-refractivity contribution in [2.24, 2.45) is 5.92 Å². The highest BCUT2D eigenvalue weighted by Gasteiger charge is 2.23. The molecule has 0 fully saturated rings. The molecule has 3 rings (SSSR count). The molecule has 1 unspecified atom stereocenters. The summed E-state index contributed by atoms with van der Waals surface area (Å²) in [5.41, 5.74) is 1.05. The smallest absolute Gasteiger partial charge is 0.317 e. The van der Waals surface area contributed by atoms with Crippen LogP contribution in [0.4, 0.5) is 13.6 Å². The number of nitrogens with one attached hydrogen (secondary N) is 1. The number of fused-ring (bicyclic) bond motifs is 1. The van der Waals surface area contributed by atoms with Crippen LogP contribution in [-0.4, -0.2) is 33.6 Å². The number of carbonyl (C=O) groups is 1. The highest BCUT2D eigenvalue weighted by Crippen LogP contribution is 2.23. The van der Waals surface area contributed by atoms with Crippen molar-refractivity contribution >= 4 is 6.03 Å². The standard InChI is InChI=1S/C18H22F2N4O/c1-12(10-23-6-4-21-13(23)2)9-22-18(25)24-5-3-16-14(11-24)7-15(19)8-17(16)20/h4,6-8,12H,3,5,9-11H2,1-2H3,(H,22,25). The Balaban J connectivity index is 1.54. The zero-order chi connectivity index (χ0) is 18.0. The minimum Gasteiger partial charge on any atom is -0.338 e. The molecule has 0 radical (unpaired) electrons. The maximum atomic E-state index is 13.8. The van der Waals surface area contributed by atoms with E-state index in [0.717, 1.165) is 18.4 Å². The van der Waals surface area contributed by atoms with Gasteiger partial charge in [-0.1, -0.05) is 6.92 Å². The SMILES string of the molecule is Cc1nccn1CC(C)CNC(=O)N1CCc2c(F)cc(F)cc2C1. The van der Waals surface area contributed by atoms with Gasteiger partial charge in [0.15, 0.2) is 0 Å². The van der Waals surface area contributed by atoms with Gasteiger partial charge in [-0.15, -0.1) is 0 Å². The summed E-state index contributed by atoms with van der Waals surface area (Å²) in [6.07, 6.45) is 4.07. The van der Waals surface area contributed by atoms with Crippen molar-refractivity contribution in [2.75, 3.05) is 13.1 Å². The van der Waals surface area contributed by atoms with Crippen molar-refractivity contribution in [1.82, 2.24) is 19.8 Å². The number of rotatable bonds is 4. The van der Waals surface area contributed by atoms with E-state index in [1.54, 1.807) is 11.1 Å². The molecule has 0 saturated heterocycles. The van der Waals surface area contributed by atoms with Gasteiger partial charge in [-0.25, -0.2) is 18.6 Å². The number of amides is 2. The van der Waals surface area contributed by atoms with Gasteiger partial charge in [-0.3, -0.25) is 0 Å². The first kappa shape index (κ1) is 17.4. The quantitative estimate of drug-likeness (QED) is 0.924. The van der Waals surface area contributed by atoms with Crippen molar-refractivity contribution in [2.45, 2.75) is 33.4 Å². The molecule has 0 aliphatic carbocycles. The summed E-state index contributed by atoms with van der Waals surface area (Å²) in [7, 11) is 0. The fourth-order valence-corrected chi connectivity index (χ4v) is 3.15. The van der Waals surface area contributed by atoms with Crippen molar-refractivity contribution in [1.29, 1.82) is 0 Å². The normalized spacial score (nSPS) is 15.0. The first-order valence-electron chi connectivity index (χ1n) is 8.41. The first-order valence-corrected chi connectivity index (χ1v) is 8.41. The highest BCUT2D eigenvalue weighted by molar-refractivity contribution is 5.74. The van der Waals surface area contributed by atoms with Crippen LogP contribution in [0.2, 0.25) is 0 Å². The Kier molecular flexibility index (Phi) is 5.01. The van der Waals surface area contributed by atoms with Crippen molar-refractivity contribution in [3.63, 3.8) is 0 Å². The summed E-state index contributed by atoms with van der Waals surface area (Å²) in [6, 6.07) is 2.00. The third-order valence-corrected chi connectivity index (χ3v) is 4.57. The Morgan fingerprint density at radius 2 is 2.20 bits per heavy atom. The molecule has 2 amide bonds. The number of aromatic nitrogens is 2. The number of imidazole rings is 1. The lowest BCUT2D eigenvalue weighted by Crippen LogP contribution is -2.44. The maximum Gasteiger partial charge on any atom is 0.317 e. The van der Waals surface area contributed by atoms with Gasteiger partial charge in [-0.2, -0.15) is 0 Å². The summed E-state index contributed by atoms with van der Waals surface area (Å²) in [5.74, 6) is 0.0425. The molecule has 0 bridgehead atoms. The van der Waals surface area contributed by atoms with Gasteiger partial charge < -0.3 is 14.8 Å². The molecule has 2 heterocycles. The summed E-state index contributed by atoms with van der Waals surface area (Å²) in [6.45, 7) is 5.94. The van der Waals surface area contributed by atoms with Crippen LogP contribution in [0, 0.1) is 24.5 Å². The summed E-state index contributed by atoms with van der Waals surface area (Å²) in [5, 5.41) is 2.91. The number of halogens is 2. The number of hydrogen-bond donors (Lipinski definition) is 1. The topological polar surface area (TPSA) is 50.2 Å². The van der Waals surface area contributed by atoms with Gasteiger partial charge in [0.05, 0.1) is 0 Å². The minimum atomic E-state index is -0.608. The van der Waals surface area contributed by atoms with E-state index in [9.17, 15) is 13.6 Å². The van der Waals surface area contributed by atoms with E-state index in [1.165, 1.54) is 6.07 Å². The highest BCUT2D eigenvalue weighted by atomic mass is 19.1. The van der Waals surface area contributed by atoms with Crippen LogP contribution in [0.25, 0.3) is 0 Å². The van der Waals surface area contributed by atoms with Gasteiger partial charge in [-0.05, 0) is 36.5 Å². The van der Waals surface area contributed by atoms with E-state index in [4.69, 9.17) is 0 Å². The van der Waals surface area contributed by atoms with Crippen LogP contribution >= 0.6 is 0 Å². The Labute approximate surface area is 145 Å². The molecule has 1 aromatic carbocycles. The zero-order valence-corrected chi connectivity index (χ0v) is 14.4. The molecule has 7 heteroatoms. The third kappa shape index (κ3) is 3.97. The largest absolute Gasteiger partial charge is 0.338 e. The van der Waals surface area contributed by atoms with Crippen LogP contribution in [0.15, 0.2) is 24.5 Å². The summed E-state index contributed by atoms with van der Waals surface area (Å²) < 4.78 is 29.2. The minimum absolute atomic E-state index is 0.204. The van der Waals surface area contributed by atoms with Crippen LogP contribution in [0.5, 0.6) is 0 Å². The molecule has 1 aromatic heterocycles. The fraction of sp³-hybridized carbons (Fsp3) is 0.444. The van der Waals surface area contributed by atoms with Crippen molar-refractivity contribution in [3.8, 4) is 0 Å². The average molecular weight is 348 g/mol. The number of urea groups is 1. The van der Waals surface area contributed by atoms with Crippen LogP contribution in [-0.2, 0) is 19.5 Å². The lowest BCUT2D eigenvalue weighted by atomic mass is 9.99. The van der Waals surface area contributed by atoms with Crippen molar-refractivity contribution < 1.29 is 13.6 Å². The maximum absolute atomic E-state index is 13.8. The molecule has 1 aliphatic heterocycles. The monoisotopic (exact) mass is 348 g/mol. The molecule has 0 spiro atoms. The van der Waals surface area contributed by atoms with E-state index >= 15 is 0 Å². The lowest BCUT2D eigenvalue weighted by molar-refractivity contribution is 0.189. The van der Waals surface area contributed by atoms with Gasteiger partial charge in [0.25, 0.3) is 0 Å². The average Bonchev–Trinajstić information content (AvgIpc) is 2.96. The van der Waals surface area contributed by atoms with Crippen molar-refractivity contribution in [3.05, 3.63) is 53.1 Å². The molecule has 1 N–H and O–H groups in total. The molecule has 25 heavy (non-hydrogen) atoms. The predicted octanol–water partition coefficient (Wildman–Crippen LogP) is 2.87. The van der Waals surface area contributed by atoms with Gasteiger partial charge >= 0.3 is 6.03 Å². The number of hydrogen-bond acceptors (Lipinski definition) is 2. The Morgan fingerprint density at radius 3 is 2.92 bits per heavy atom. The van der Waals surface area contributed by atoms with Crippen LogP contribution in [0.3, 0.4) is 0 Å². The Morgan fingerprint density at radius 1 is 1.40 bits per heavy atom. The fourth-order valence-electron chi connectivity index (χ4n) is 3.15. The Hall–Kier alpha value is -2.44. The lowest BCUT2D eigenvalue weighted by Gasteiger charge is -2.29. The summed E-state index contributed by atoms with van der Waals surface area (Å²) >= 11 is 0.